The van der Waals surface area contributed by atoms with Crippen LogP contribution in [0.2, 0.25) is 0 Å². The van der Waals surface area contributed by atoms with Crippen molar-refractivity contribution >= 4 is 32.9 Å². The van der Waals surface area contributed by atoms with Gasteiger partial charge in [0.2, 0.25) is 0 Å². The quantitative estimate of drug-likeness (QED) is 0.759. The Balaban J connectivity index is 1.74. The van der Waals surface area contributed by atoms with Crippen LogP contribution in [0.5, 0.6) is 0 Å². The van der Waals surface area contributed by atoms with Crippen molar-refractivity contribution in [3.8, 4) is 0 Å². The number of anilines is 2. The maximum Gasteiger partial charge on any atom is 0.0907 e. The van der Waals surface area contributed by atoms with Crippen LogP contribution in [-0.2, 0) is 0 Å². The fraction of sp³-hybridized carbons (Fsp3) is 0.562. The van der Waals surface area contributed by atoms with Crippen molar-refractivity contribution in [2.24, 2.45) is 5.92 Å². The molecule has 0 amide bonds. The molecule has 0 saturated heterocycles. The van der Waals surface area contributed by atoms with E-state index in [1.54, 1.807) is 11.3 Å². The Morgan fingerprint density at radius 1 is 1.43 bits per heavy atom. The van der Waals surface area contributed by atoms with E-state index in [4.69, 9.17) is 5.73 Å². The van der Waals surface area contributed by atoms with Gasteiger partial charge in [-0.3, -0.25) is 0 Å². The van der Waals surface area contributed by atoms with E-state index in [0.717, 1.165) is 58.2 Å². The minimum Gasteiger partial charge on any atom is -0.397 e. The summed E-state index contributed by atoms with van der Waals surface area (Å²) in [5.74, 6) is 0.727. The highest BCUT2D eigenvalue weighted by molar-refractivity contribution is 7.18. The predicted octanol–water partition coefficient (Wildman–Crippen LogP) is 3.54. The van der Waals surface area contributed by atoms with Gasteiger partial charge in [-0.25, -0.2) is 4.98 Å². The van der Waals surface area contributed by atoms with Crippen molar-refractivity contribution < 1.29 is 5.11 Å². The van der Waals surface area contributed by atoms with Crippen LogP contribution in [0.15, 0.2) is 12.1 Å². The molecule has 4 nitrogen and oxygen atoms in total. The number of aliphatic hydroxyl groups is 1. The molecule has 1 aromatic heterocycles. The van der Waals surface area contributed by atoms with Crippen LogP contribution in [-0.4, -0.2) is 22.2 Å². The first-order valence-electron chi connectivity index (χ1n) is 7.58. The Morgan fingerprint density at radius 2 is 2.14 bits per heavy atom. The zero-order chi connectivity index (χ0) is 15.0. The van der Waals surface area contributed by atoms with E-state index in [2.05, 4.69) is 17.2 Å². The van der Waals surface area contributed by atoms with Crippen molar-refractivity contribution in [1.82, 2.24) is 4.98 Å². The number of thiazole rings is 1. The van der Waals surface area contributed by atoms with Crippen molar-refractivity contribution in [3.05, 3.63) is 17.1 Å². The summed E-state index contributed by atoms with van der Waals surface area (Å²) in [6, 6.07) is 3.96. The number of fused-ring (bicyclic) bond motifs is 1. The van der Waals surface area contributed by atoms with Crippen LogP contribution in [0.3, 0.4) is 0 Å². The molecule has 0 atom stereocenters. The third-order valence-corrected chi connectivity index (χ3v) is 5.41. The lowest BCUT2D eigenvalue weighted by molar-refractivity contribution is 0.00503. The van der Waals surface area contributed by atoms with Gasteiger partial charge in [0, 0.05) is 6.54 Å². The van der Waals surface area contributed by atoms with E-state index < -0.39 is 5.60 Å². The Kier molecular flexibility index (Phi) is 3.80. The molecule has 3 rings (SSSR count). The molecule has 0 aliphatic heterocycles. The van der Waals surface area contributed by atoms with Gasteiger partial charge in [0.25, 0.3) is 0 Å². The first kappa shape index (κ1) is 14.6. The summed E-state index contributed by atoms with van der Waals surface area (Å²) in [7, 11) is 0. The molecule has 0 unspecified atom stereocenters. The average molecular weight is 305 g/mol. The van der Waals surface area contributed by atoms with Crippen molar-refractivity contribution in [2.45, 2.75) is 45.1 Å². The zero-order valence-electron chi connectivity index (χ0n) is 12.6. The van der Waals surface area contributed by atoms with E-state index in [-0.39, 0.29) is 0 Å². The minimum atomic E-state index is -0.605. The van der Waals surface area contributed by atoms with Crippen LogP contribution < -0.4 is 11.1 Å². The number of nitrogens with zero attached hydrogens (tertiary/aromatic N) is 1. The Morgan fingerprint density at radius 3 is 2.86 bits per heavy atom. The van der Waals surface area contributed by atoms with E-state index in [9.17, 15) is 5.11 Å². The highest BCUT2D eigenvalue weighted by Crippen LogP contribution is 2.34. The largest absolute Gasteiger partial charge is 0.397 e. The van der Waals surface area contributed by atoms with Crippen molar-refractivity contribution in [2.75, 3.05) is 17.6 Å². The molecule has 4 N–H and O–H groups in total. The van der Waals surface area contributed by atoms with Gasteiger partial charge >= 0.3 is 0 Å². The number of nitrogens with two attached hydrogens (primary N) is 1. The second-order valence-electron chi connectivity index (χ2n) is 6.40. The van der Waals surface area contributed by atoms with Crippen molar-refractivity contribution in [3.63, 3.8) is 0 Å². The molecule has 1 saturated carbocycles. The van der Waals surface area contributed by atoms with Crippen molar-refractivity contribution in [1.29, 1.82) is 0 Å². The molecule has 0 radical (unpaired) electrons. The smallest absolute Gasteiger partial charge is 0.0907 e. The minimum absolute atomic E-state index is 0.554. The second kappa shape index (κ2) is 5.46. The van der Waals surface area contributed by atoms with E-state index in [1.807, 2.05) is 19.1 Å². The molecule has 1 aliphatic rings. The van der Waals surface area contributed by atoms with Gasteiger partial charge in [0.15, 0.2) is 0 Å². The Labute approximate surface area is 129 Å². The van der Waals surface area contributed by atoms with Gasteiger partial charge in [-0.15, -0.1) is 11.3 Å². The molecule has 0 spiro atoms. The summed E-state index contributed by atoms with van der Waals surface area (Å²) in [6.07, 6.45) is 3.91. The van der Waals surface area contributed by atoms with E-state index in [0.29, 0.717) is 6.54 Å². The lowest BCUT2D eigenvalue weighted by Crippen LogP contribution is -2.40. The van der Waals surface area contributed by atoms with Gasteiger partial charge in [-0.05, 0) is 50.7 Å². The highest BCUT2D eigenvalue weighted by Gasteiger charge is 2.31. The van der Waals surface area contributed by atoms with E-state index in [1.165, 1.54) is 0 Å². The van der Waals surface area contributed by atoms with Gasteiger partial charge < -0.3 is 16.2 Å². The number of nitrogen functional groups attached to an aromatic ring is 1. The van der Waals surface area contributed by atoms with Gasteiger partial charge in [0.1, 0.15) is 0 Å². The summed E-state index contributed by atoms with van der Waals surface area (Å²) in [5, 5.41) is 15.0. The number of benzene rings is 1. The molecule has 21 heavy (non-hydrogen) atoms. The number of rotatable bonds is 3. The van der Waals surface area contributed by atoms with Crippen LogP contribution in [0.4, 0.5) is 11.4 Å². The summed E-state index contributed by atoms with van der Waals surface area (Å²) < 4.78 is 1.11. The first-order chi connectivity index (χ1) is 9.95. The lowest BCUT2D eigenvalue weighted by atomic mass is 9.79. The average Bonchev–Trinajstić information content (AvgIpc) is 2.79. The maximum atomic E-state index is 10.6. The zero-order valence-corrected chi connectivity index (χ0v) is 13.5. The fourth-order valence-corrected chi connectivity index (χ4v) is 3.85. The topological polar surface area (TPSA) is 71.2 Å². The third kappa shape index (κ3) is 3.14. The molecular weight excluding hydrogens is 282 g/mol. The second-order valence-corrected chi connectivity index (χ2v) is 7.64. The summed E-state index contributed by atoms with van der Waals surface area (Å²) in [5.41, 5.74) is 8.07. The number of aromatic nitrogens is 1. The molecule has 1 fully saturated rings. The molecule has 1 aliphatic carbocycles. The molecule has 2 aromatic rings. The standard InChI is InChI=1S/C16H23N3OS/c1-10-3-5-16(20,6-4-10)9-18-13-8-14-15(7-12(13)17)21-11(2)19-14/h7-8,10,18,20H,3-6,9,17H2,1-2H3. The van der Waals surface area contributed by atoms with Gasteiger partial charge in [-0.1, -0.05) is 6.92 Å². The number of nitrogens with one attached hydrogen (secondary N) is 1. The van der Waals surface area contributed by atoms with Crippen LogP contribution in [0.1, 0.15) is 37.6 Å². The summed E-state index contributed by atoms with van der Waals surface area (Å²) in [4.78, 5) is 4.50. The highest BCUT2D eigenvalue weighted by atomic mass is 32.1. The Bertz CT molecular complexity index is 644. The van der Waals surface area contributed by atoms with Crippen LogP contribution in [0.25, 0.3) is 10.2 Å². The monoisotopic (exact) mass is 305 g/mol. The molecule has 1 aromatic carbocycles. The number of hydrogen-bond acceptors (Lipinski definition) is 5. The van der Waals surface area contributed by atoms with E-state index >= 15 is 0 Å². The third-order valence-electron chi connectivity index (χ3n) is 4.48. The number of hydrogen-bond donors (Lipinski definition) is 3. The number of aryl methyl sites for hydroxylation is 1. The maximum absolute atomic E-state index is 10.6. The first-order valence-corrected chi connectivity index (χ1v) is 8.40. The molecule has 0 bridgehead atoms. The summed E-state index contributed by atoms with van der Waals surface area (Å²) in [6.45, 7) is 4.81. The molecule has 5 heteroatoms. The summed E-state index contributed by atoms with van der Waals surface area (Å²) >= 11 is 1.65. The molecule has 114 valence electrons. The molecular formula is C16H23N3OS. The fourth-order valence-electron chi connectivity index (χ4n) is 2.99. The SMILES string of the molecule is Cc1nc2cc(NCC3(O)CCC(C)CC3)c(N)cc2s1. The molecule has 1 heterocycles. The van der Waals surface area contributed by atoms with Crippen LogP contribution in [0, 0.1) is 12.8 Å². The Hall–Kier alpha value is -1.33. The van der Waals surface area contributed by atoms with Crippen LogP contribution >= 0.6 is 11.3 Å². The van der Waals surface area contributed by atoms with Gasteiger partial charge in [-0.2, -0.15) is 0 Å². The lowest BCUT2D eigenvalue weighted by Gasteiger charge is -2.35. The van der Waals surface area contributed by atoms with Gasteiger partial charge in [0.05, 0.1) is 32.2 Å². The normalized spacial score (nSPS) is 26.1. The predicted molar refractivity (Wildman–Crippen MR) is 89.8 cm³/mol.